The molecular formula is C37H48N8O3. The van der Waals surface area contributed by atoms with Crippen LogP contribution in [0.2, 0.25) is 0 Å². The molecule has 254 valence electrons. The number of methoxy groups -OCH3 is 1. The molecule has 3 fully saturated rings. The van der Waals surface area contributed by atoms with E-state index in [2.05, 4.69) is 59.8 Å². The van der Waals surface area contributed by atoms with Gasteiger partial charge in [-0.3, -0.25) is 25.0 Å². The van der Waals surface area contributed by atoms with Crippen molar-refractivity contribution in [3.63, 3.8) is 0 Å². The molecule has 1 aliphatic carbocycles. The molecule has 0 spiro atoms. The molecule has 48 heavy (non-hydrogen) atoms. The number of nitrogens with zero attached hydrogens (tertiary/aromatic N) is 7. The van der Waals surface area contributed by atoms with Crippen molar-refractivity contribution in [1.29, 1.82) is 0 Å². The first-order valence-electron chi connectivity index (χ1n) is 17.4. The predicted octanol–water partition coefficient (Wildman–Crippen LogP) is 5.14. The van der Waals surface area contributed by atoms with E-state index in [9.17, 15) is 9.90 Å². The van der Waals surface area contributed by atoms with Crippen molar-refractivity contribution in [3.05, 3.63) is 60.0 Å². The number of piperazine rings is 1. The molecule has 1 saturated carbocycles. The smallest absolute Gasteiger partial charge is 0.258 e. The van der Waals surface area contributed by atoms with Crippen LogP contribution < -0.4 is 15.0 Å². The Morgan fingerprint density at radius 1 is 0.958 bits per heavy atom. The van der Waals surface area contributed by atoms with Gasteiger partial charge in [0, 0.05) is 80.7 Å². The molecule has 3 aliphatic rings. The zero-order valence-corrected chi connectivity index (χ0v) is 28.7. The molecular weight excluding hydrogens is 604 g/mol. The van der Waals surface area contributed by atoms with E-state index in [1.165, 1.54) is 5.69 Å². The zero-order chi connectivity index (χ0) is 33.4. The van der Waals surface area contributed by atoms with E-state index in [0.717, 1.165) is 81.5 Å². The van der Waals surface area contributed by atoms with Crippen LogP contribution in [0.5, 0.6) is 5.75 Å². The van der Waals surface area contributed by atoms with Crippen LogP contribution in [0, 0.1) is 6.92 Å². The van der Waals surface area contributed by atoms with Gasteiger partial charge in [-0.25, -0.2) is 4.98 Å². The Kier molecular flexibility index (Phi) is 9.10. The first-order valence-corrected chi connectivity index (χ1v) is 17.4. The number of fused-ring (bicyclic) bond motifs is 1. The number of hydrogen-bond donors (Lipinski definition) is 2. The fourth-order valence-electron chi connectivity index (χ4n) is 7.76. The highest BCUT2D eigenvalue weighted by atomic mass is 16.5. The van der Waals surface area contributed by atoms with Gasteiger partial charge in [0.2, 0.25) is 5.95 Å². The number of aromatic nitrogens is 4. The van der Waals surface area contributed by atoms with Crippen molar-refractivity contribution in [2.45, 2.75) is 70.1 Å². The number of benzene rings is 1. The van der Waals surface area contributed by atoms with Gasteiger partial charge in [0.25, 0.3) is 5.91 Å². The summed E-state index contributed by atoms with van der Waals surface area (Å²) in [5.74, 6) is 0.918. The fourth-order valence-corrected chi connectivity index (χ4v) is 7.76. The summed E-state index contributed by atoms with van der Waals surface area (Å²) in [5.41, 5.74) is 4.93. The highest BCUT2D eigenvalue weighted by Gasteiger charge is 2.33. The monoisotopic (exact) mass is 652 g/mol. The number of amides is 1. The summed E-state index contributed by atoms with van der Waals surface area (Å²) in [6.45, 7) is 10.5. The molecule has 11 heteroatoms. The Morgan fingerprint density at radius 3 is 2.44 bits per heavy atom. The third kappa shape index (κ3) is 6.76. The number of piperidine rings is 1. The Bertz CT molecular complexity index is 1760. The number of carbonyl (C=O) groups is 1. The van der Waals surface area contributed by atoms with Gasteiger partial charge >= 0.3 is 0 Å². The highest BCUT2D eigenvalue weighted by molar-refractivity contribution is 6.05. The molecule has 0 radical (unpaired) electrons. The number of pyridine rings is 2. The molecule has 1 amide bonds. The first-order chi connectivity index (χ1) is 23.2. The van der Waals surface area contributed by atoms with Crippen LogP contribution in [-0.2, 0) is 0 Å². The van der Waals surface area contributed by atoms with Crippen molar-refractivity contribution in [3.8, 4) is 17.0 Å². The van der Waals surface area contributed by atoms with Gasteiger partial charge in [-0.15, -0.1) is 0 Å². The summed E-state index contributed by atoms with van der Waals surface area (Å²) in [7, 11) is 3.82. The minimum Gasteiger partial charge on any atom is -0.496 e. The summed E-state index contributed by atoms with van der Waals surface area (Å²) >= 11 is 0. The van der Waals surface area contributed by atoms with E-state index in [1.807, 2.05) is 13.8 Å². The number of likely N-dealkylation sites (N-methyl/N-ethyl adjacent to an activating group) is 1. The van der Waals surface area contributed by atoms with Crippen LogP contribution in [0.3, 0.4) is 0 Å². The van der Waals surface area contributed by atoms with Gasteiger partial charge in [0.1, 0.15) is 5.75 Å². The fraction of sp³-hybridized carbons (Fsp3) is 0.514. The molecule has 2 saturated heterocycles. The molecule has 3 aromatic heterocycles. The average Bonchev–Trinajstić information content (AvgIpc) is 3.45. The lowest BCUT2D eigenvalue weighted by molar-refractivity contribution is 0.0106. The number of aryl methyl sites for hydroxylation is 1. The van der Waals surface area contributed by atoms with Gasteiger partial charge in [-0.05, 0) is 95.8 Å². The Balaban J connectivity index is 1.17. The first kappa shape index (κ1) is 32.5. The van der Waals surface area contributed by atoms with Crippen LogP contribution >= 0.6 is 0 Å². The summed E-state index contributed by atoms with van der Waals surface area (Å²) < 4.78 is 7.75. The van der Waals surface area contributed by atoms with Crippen LogP contribution in [0.1, 0.15) is 67.5 Å². The average molecular weight is 653 g/mol. The van der Waals surface area contributed by atoms with Gasteiger partial charge in [0.15, 0.2) is 0 Å². The summed E-state index contributed by atoms with van der Waals surface area (Å²) in [4.78, 5) is 35.4. The van der Waals surface area contributed by atoms with Crippen LogP contribution in [0.15, 0.2) is 48.8 Å². The van der Waals surface area contributed by atoms with Crippen LogP contribution in [0.25, 0.3) is 22.3 Å². The number of carbonyl (C=O) groups excluding carboxylic acids is 1. The maximum atomic E-state index is 13.9. The molecule has 0 bridgehead atoms. The van der Waals surface area contributed by atoms with E-state index in [-0.39, 0.29) is 11.9 Å². The maximum Gasteiger partial charge on any atom is 0.258 e. The van der Waals surface area contributed by atoms with Crippen molar-refractivity contribution >= 4 is 28.6 Å². The van der Waals surface area contributed by atoms with Crippen molar-refractivity contribution in [2.75, 3.05) is 63.6 Å². The molecule has 5 heterocycles. The van der Waals surface area contributed by atoms with Crippen molar-refractivity contribution < 1.29 is 14.6 Å². The highest BCUT2D eigenvalue weighted by Crippen LogP contribution is 2.39. The third-order valence-corrected chi connectivity index (χ3v) is 10.7. The van der Waals surface area contributed by atoms with Crippen molar-refractivity contribution in [2.24, 2.45) is 0 Å². The predicted molar refractivity (Wildman–Crippen MR) is 189 cm³/mol. The van der Waals surface area contributed by atoms with Crippen LogP contribution in [-0.4, -0.2) is 105 Å². The Labute approximate surface area is 282 Å². The largest absolute Gasteiger partial charge is 0.496 e. The Morgan fingerprint density at radius 2 is 1.71 bits per heavy atom. The van der Waals surface area contributed by atoms with E-state index < -0.39 is 5.60 Å². The minimum absolute atomic E-state index is 0.109. The lowest BCUT2D eigenvalue weighted by Gasteiger charge is -2.42. The SMILES string of the molecule is COc1ccncc1-c1cc(C(=O)Nc2nc3ccc(N4CCC(N5CCN(C)CC5)CC4)cc3n2[C@H]2CC[C@@](C)(O)CC2)cc(C)n1. The lowest BCUT2D eigenvalue weighted by atomic mass is 9.83. The van der Waals surface area contributed by atoms with E-state index in [0.29, 0.717) is 47.5 Å². The third-order valence-electron chi connectivity index (χ3n) is 10.7. The van der Waals surface area contributed by atoms with Crippen LogP contribution in [0.4, 0.5) is 11.6 Å². The number of hydrogen-bond acceptors (Lipinski definition) is 9. The molecule has 2 aliphatic heterocycles. The number of nitrogens with one attached hydrogen (secondary N) is 1. The molecule has 11 nitrogen and oxygen atoms in total. The number of anilines is 2. The second-order valence-corrected chi connectivity index (χ2v) is 14.2. The summed E-state index contributed by atoms with van der Waals surface area (Å²) in [6, 6.07) is 12.6. The number of aliphatic hydroxyl groups is 1. The lowest BCUT2D eigenvalue weighted by Crippen LogP contribution is -2.52. The van der Waals surface area contributed by atoms with Gasteiger partial charge in [-0.2, -0.15) is 0 Å². The standard InChI is InChI=1S/C37H48N8O3/c1-25-21-26(22-32(39-25)30-24-38-14-9-34(30)48-4)35(46)41-36-40-31-6-5-29(23-33(31)45(36)28-7-12-37(2,47)13-8-28)43-15-10-27(11-16-43)44-19-17-42(3)18-20-44/h5-6,9,14,21-24,27-28,47H,7-8,10-13,15-20H2,1-4H3,(H,40,41,46)/t28-,37+. The van der Waals surface area contributed by atoms with Gasteiger partial charge in [-0.1, -0.05) is 0 Å². The van der Waals surface area contributed by atoms with Gasteiger partial charge < -0.3 is 24.2 Å². The summed E-state index contributed by atoms with van der Waals surface area (Å²) in [5, 5.41) is 13.9. The van der Waals surface area contributed by atoms with E-state index in [1.54, 1.807) is 37.7 Å². The quantitative estimate of drug-likeness (QED) is 0.280. The normalized spacial score (nSPS) is 23.0. The second-order valence-electron chi connectivity index (χ2n) is 14.2. The molecule has 7 rings (SSSR count). The number of imidazole rings is 1. The van der Waals surface area contributed by atoms with Gasteiger partial charge in [0.05, 0.1) is 35.0 Å². The maximum absolute atomic E-state index is 13.9. The Hall–Kier alpha value is -4.06. The summed E-state index contributed by atoms with van der Waals surface area (Å²) in [6.07, 6.45) is 8.71. The second kappa shape index (κ2) is 13.4. The molecule has 0 atom stereocenters. The van der Waals surface area contributed by atoms with E-state index in [4.69, 9.17) is 9.72 Å². The molecule has 2 N–H and O–H groups in total. The zero-order valence-electron chi connectivity index (χ0n) is 28.7. The molecule has 0 unspecified atom stereocenters. The minimum atomic E-state index is -0.673. The van der Waals surface area contributed by atoms with Crippen molar-refractivity contribution in [1.82, 2.24) is 29.3 Å². The van der Waals surface area contributed by atoms with E-state index >= 15 is 0 Å². The number of rotatable bonds is 7. The number of ether oxygens (including phenoxy) is 1. The topological polar surface area (TPSA) is 112 Å². The molecule has 1 aromatic carbocycles. The molecule has 4 aromatic rings.